The van der Waals surface area contributed by atoms with Gasteiger partial charge in [0.25, 0.3) is 0 Å². The molecule has 0 aliphatic rings. The molecule has 1 aromatic carbocycles. The molecule has 0 fully saturated rings. The molecule has 0 aliphatic carbocycles. The highest BCUT2D eigenvalue weighted by Gasteiger charge is 2.48. The molecule has 1 aromatic rings. The number of methoxy groups -OCH3 is 1. The fourth-order valence-corrected chi connectivity index (χ4v) is 1.69. The van der Waals surface area contributed by atoms with Crippen molar-refractivity contribution in [1.82, 2.24) is 0 Å². The number of carbonyl (C=O) groups is 1. The Hall–Kier alpha value is -2.03. The number of hydrogen-bond acceptors (Lipinski definition) is 5. The molecule has 5 nitrogen and oxygen atoms in total. The van der Waals surface area contributed by atoms with E-state index in [2.05, 4.69) is 8.92 Å². The summed E-state index contributed by atoms with van der Waals surface area (Å²) in [5.41, 5.74) is -5.49. The maximum Gasteiger partial charge on any atom is 0.534 e. The number of hydrogen-bond donors (Lipinski definition) is 0. The van der Waals surface area contributed by atoms with Gasteiger partial charge in [-0.25, -0.2) is 0 Å². The summed E-state index contributed by atoms with van der Waals surface area (Å²) in [7, 11) is -4.58. The monoisotopic (exact) mass is 354 g/mol. The van der Waals surface area contributed by atoms with Crippen LogP contribution in [0.3, 0.4) is 0 Å². The van der Waals surface area contributed by atoms with Crippen LogP contribution in [0, 0.1) is 0 Å². The quantitative estimate of drug-likeness (QED) is 0.351. The lowest BCUT2D eigenvalue weighted by Gasteiger charge is -2.11. The normalized spacial score (nSPS) is 12.0. The van der Waals surface area contributed by atoms with E-state index in [9.17, 15) is 26.4 Å². The first kappa shape index (κ1) is 21.0. The van der Waals surface area contributed by atoms with Crippen molar-refractivity contribution in [2.45, 2.75) is 25.3 Å². The zero-order valence-corrected chi connectivity index (χ0v) is 13.4. The van der Waals surface area contributed by atoms with Crippen molar-refractivity contribution in [1.29, 1.82) is 0 Å². The molecule has 0 heterocycles. The highest BCUT2D eigenvalue weighted by atomic mass is 32.2. The Labute approximate surface area is 132 Å². The second kappa shape index (κ2) is 9.88. The van der Waals surface area contributed by atoms with E-state index >= 15 is 0 Å². The molecule has 0 aliphatic heterocycles. The fourth-order valence-electron chi connectivity index (χ4n) is 1.13. The maximum atomic E-state index is 12.0. The average molecular weight is 354 g/mol. The van der Waals surface area contributed by atoms with E-state index in [-0.39, 0.29) is 12.8 Å². The zero-order valence-electron chi connectivity index (χ0n) is 12.5. The van der Waals surface area contributed by atoms with Gasteiger partial charge in [-0.3, -0.25) is 4.79 Å². The van der Waals surface area contributed by atoms with Gasteiger partial charge in [0.15, 0.2) is 0 Å². The molecular weight excluding hydrogens is 337 g/mol. The van der Waals surface area contributed by atoms with Gasteiger partial charge >= 0.3 is 21.6 Å². The largest absolute Gasteiger partial charge is 0.534 e. The average Bonchev–Trinajstić information content (AvgIpc) is 2.52. The van der Waals surface area contributed by atoms with Crippen LogP contribution in [-0.2, 0) is 23.8 Å². The number of allylic oxidation sites excluding steroid dienone is 2. The van der Waals surface area contributed by atoms with Crippen LogP contribution in [0.5, 0.6) is 0 Å². The van der Waals surface area contributed by atoms with Crippen LogP contribution < -0.4 is 0 Å². The molecular formula is C14H17F3O5S. The highest BCUT2D eigenvalue weighted by molar-refractivity contribution is 7.87. The van der Waals surface area contributed by atoms with Crippen molar-refractivity contribution in [3.63, 3.8) is 0 Å². The summed E-state index contributed by atoms with van der Waals surface area (Å²) in [4.78, 5) is 10.7. The molecule has 0 saturated carbocycles. The van der Waals surface area contributed by atoms with Crippen LogP contribution in [-0.4, -0.2) is 27.0 Å². The van der Waals surface area contributed by atoms with E-state index in [1.165, 1.54) is 6.92 Å². The van der Waals surface area contributed by atoms with E-state index in [0.29, 0.717) is 0 Å². The summed E-state index contributed by atoms with van der Waals surface area (Å²) in [5.74, 6) is -1.15. The fraction of sp³-hybridized carbons (Fsp3) is 0.357. The summed E-state index contributed by atoms with van der Waals surface area (Å²) in [5, 5.41) is 0. The number of benzene rings is 1. The van der Waals surface area contributed by atoms with Gasteiger partial charge in [-0.15, -0.1) is 0 Å². The van der Waals surface area contributed by atoms with Crippen LogP contribution >= 0.6 is 0 Å². The molecule has 0 spiro atoms. The van der Waals surface area contributed by atoms with Gasteiger partial charge in [0, 0.05) is 6.42 Å². The third-order valence-corrected chi connectivity index (χ3v) is 3.29. The van der Waals surface area contributed by atoms with Crippen molar-refractivity contribution >= 4 is 16.1 Å². The third-order valence-electron chi connectivity index (χ3n) is 2.29. The summed E-state index contributed by atoms with van der Waals surface area (Å²) in [6, 6.07) is 12.0. The van der Waals surface area contributed by atoms with E-state index in [1.54, 1.807) is 0 Å². The minimum Gasteiger partial charge on any atom is -0.469 e. The molecule has 0 bridgehead atoms. The Morgan fingerprint density at radius 2 is 1.48 bits per heavy atom. The van der Waals surface area contributed by atoms with Crippen molar-refractivity contribution in [2.24, 2.45) is 0 Å². The standard InChI is InChI=1S/C8H11F3O5S.C6H6/c1-3-6(4-5-7(12)15-2)16-17(13,14)8(9,10)11;1-2-4-6-5-3-1/h3H,4-5H2,1-2H3;1-6H/b6-3+;. The number of rotatable bonds is 5. The van der Waals surface area contributed by atoms with Crippen molar-refractivity contribution < 1.29 is 35.3 Å². The molecule has 0 N–H and O–H groups in total. The van der Waals surface area contributed by atoms with E-state index in [4.69, 9.17) is 0 Å². The zero-order chi connectivity index (χ0) is 17.9. The number of ether oxygens (including phenoxy) is 1. The lowest BCUT2D eigenvalue weighted by atomic mass is 10.2. The SMILES string of the molecule is C/C=C(\CCC(=O)OC)OS(=O)(=O)C(F)(F)F.c1ccccc1. The van der Waals surface area contributed by atoms with Crippen LogP contribution in [0.2, 0.25) is 0 Å². The summed E-state index contributed by atoms with van der Waals surface area (Å²) < 4.78 is 65.2. The first-order valence-corrected chi connectivity index (χ1v) is 7.77. The number of alkyl halides is 3. The Kier molecular flexibility index (Phi) is 9.01. The van der Waals surface area contributed by atoms with Crippen LogP contribution in [0.4, 0.5) is 13.2 Å². The van der Waals surface area contributed by atoms with E-state index in [1.807, 2.05) is 36.4 Å². The molecule has 0 saturated heterocycles. The molecule has 0 atom stereocenters. The van der Waals surface area contributed by atoms with Crippen LogP contribution in [0.1, 0.15) is 19.8 Å². The summed E-state index contributed by atoms with van der Waals surface area (Å²) in [6.45, 7) is 1.29. The third kappa shape index (κ3) is 8.87. The molecule has 130 valence electrons. The highest BCUT2D eigenvalue weighted by Crippen LogP contribution is 2.27. The maximum absolute atomic E-state index is 12.0. The summed E-state index contributed by atoms with van der Waals surface area (Å²) >= 11 is 0. The Morgan fingerprint density at radius 3 is 1.78 bits per heavy atom. The lowest BCUT2D eigenvalue weighted by Crippen LogP contribution is -2.25. The van der Waals surface area contributed by atoms with E-state index in [0.717, 1.165) is 13.2 Å². The van der Waals surface area contributed by atoms with Gasteiger partial charge in [0.05, 0.1) is 13.5 Å². The molecule has 23 heavy (non-hydrogen) atoms. The topological polar surface area (TPSA) is 69.7 Å². The number of esters is 1. The first-order valence-electron chi connectivity index (χ1n) is 6.36. The van der Waals surface area contributed by atoms with Crippen molar-refractivity contribution in [3.05, 3.63) is 48.2 Å². The van der Waals surface area contributed by atoms with Crippen LogP contribution in [0.25, 0.3) is 0 Å². The minimum absolute atomic E-state index is 0.274. The lowest BCUT2D eigenvalue weighted by molar-refractivity contribution is -0.140. The van der Waals surface area contributed by atoms with Crippen LogP contribution in [0.15, 0.2) is 48.2 Å². The van der Waals surface area contributed by atoms with Gasteiger partial charge in [0.2, 0.25) is 0 Å². The minimum atomic E-state index is -5.68. The van der Waals surface area contributed by atoms with Crippen molar-refractivity contribution in [2.75, 3.05) is 7.11 Å². The Balaban J connectivity index is 0.000000664. The summed E-state index contributed by atoms with van der Waals surface area (Å²) in [6.07, 6.45) is 0.467. The first-order chi connectivity index (χ1) is 10.6. The predicted molar refractivity (Wildman–Crippen MR) is 77.5 cm³/mol. The molecule has 0 aromatic heterocycles. The van der Waals surface area contributed by atoms with Gasteiger partial charge in [0.1, 0.15) is 5.76 Å². The van der Waals surface area contributed by atoms with Gasteiger partial charge in [-0.1, -0.05) is 36.4 Å². The van der Waals surface area contributed by atoms with Gasteiger partial charge in [-0.05, 0) is 13.0 Å². The Bertz CT molecular complexity index is 568. The van der Waals surface area contributed by atoms with Crippen molar-refractivity contribution in [3.8, 4) is 0 Å². The molecule has 0 unspecified atom stereocenters. The molecule has 0 amide bonds. The number of carbonyl (C=O) groups excluding carboxylic acids is 1. The Morgan fingerprint density at radius 1 is 1.04 bits per heavy atom. The van der Waals surface area contributed by atoms with Gasteiger partial charge < -0.3 is 8.92 Å². The van der Waals surface area contributed by atoms with Gasteiger partial charge in [-0.2, -0.15) is 21.6 Å². The number of halogens is 3. The second-order valence-corrected chi connectivity index (χ2v) is 5.51. The second-order valence-electron chi connectivity index (χ2n) is 3.97. The molecule has 1 rings (SSSR count). The molecule has 0 radical (unpaired) electrons. The van der Waals surface area contributed by atoms with E-state index < -0.39 is 27.4 Å². The molecule has 9 heteroatoms. The predicted octanol–water partition coefficient (Wildman–Crippen LogP) is 3.40. The smallest absolute Gasteiger partial charge is 0.469 e.